The molecule has 1 aromatic carbocycles. The van der Waals surface area contributed by atoms with Crippen LogP contribution in [0.15, 0.2) is 41.0 Å². The van der Waals surface area contributed by atoms with Crippen molar-refractivity contribution >= 4 is 17.2 Å². The average Bonchev–Trinajstić information content (AvgIpc) is 3.20. The molecule has 0 aliphatic heterocycles. The van der Waals surface area contributed by atoms with Crippen LogP contribution in [-0.4, -0.2) is 15.9 Å². The summed E-state index contributed by atoms with van der Waals surface area (Å²) < 4.78 is 10.9. The van der Waals surface area contributed by atoms with Crippen LogP contribution in [-0.2, 0) is 6.61 Å². The van der Waals surface area contributed by atoms with Gasteiger partial charge in [-0.2, -0.15) is 0 Å². The number of rotatable bonds is 6. The van der Waals surface area contributed by atoms with Crippen LogP contribution in [0.3, 0.4) is 0 Å². The highest BCUT2D eigenvalue weighted by Gasteiger charge is 2.19. The second kappa shape index (κ2) is 7.48. The molecule has 25 heavy (non-hydrogen) atoms. The Morgan fingerprint density at radius 1 is 1.28 bits per heavy atom. The lowest BCUT2D eigenvalue weighted by atomic mass is 10.2. The van der Waals surface area contributed by atoms with Gasteiger partial charge in [-0.05, 0) is 32.9 Å². The first-order valence-corrected chi connectivity index (χ1v) is 8.71. The zero-order valence-electron chi connectivity index (χ0n) is 14.3. The normalized spacial score (nSPS) is 12.0. The van der Waals surface area contributed by atoms with Crippen molar-refractivity contribution in [3.8, 4) is 5.75 Å². The Kier molecular flexibility index (Phi) is 5.14. The van der Waals surface area contributed by atoms with Gasteiger partial charge in [-0.25, -0.2) is 9.97 Å². The number of aryl methyl sites for hydroxylation is 2. The number of benzene rings is 1. The van der Waals surface area contributed by atoms with E-state index in [0.29, 0.717) is 5.89 Å². The van der Waals surface area contributed by atoms with E-state index < -0.39 is 0 Å². The fourth-order valence-corrected chi connectivity index (χ4v) is 3.34. The number of amides is 1. The molecule has 130 valence electrons. The van der Waals surface area contributed by atoms with Gasteiger partial charge in [0.05, 0.1) is 16.7 Å². The largest absolute Gasteiger partial charge is 0.484 e. The van der Waals surface area contributed by atoms with Gasteiger partial charge in [-0.3, -0.25) is 4.79 Å². The topological polar surface area (TPSA) is 77.2 Å². The van der Waals surface area contributed by atoms with E-state index in [1.807, 2.05) is 51.1 Å². The minimum atomic E-state index is -0.299. The van der Waals surface area contributed by atoms with Crippen LogP contribution in [0.25, 0.3) is 0 Å². The van der Waals surface area contributed by atoms with Crippen molar-refractivity contribution in [2.24, 2.45) is 0 Å². The van der Waals surface area contributed by atoms with Crippen LogP contribution >= 0.6 is 11.3 Å². The number of hydrogen-bond acceptors (Lipinski definition) is 6. The molecule has 1 unspecified atom stereocenters. The third-order valence-corrected chi connectivity index (χ3v) is 4.49. The number of hydrogen-bond donors (Lipinski definition) is 1. The molecule has 0 saturated carbocycles. The van der Waals surface area contributed by atoms with Crippen LogP contribution in [0.5, 0.6) is 5.75 Å². The zero-order chi connectivity index (χ0) is 17.8. The summed E-state index contributed by atoms with van der Waals surface area (Å²) >= 11 is 1.62. The molecule has 1 amide bonds. The number of ether oxygens (including phenoxy) is 1. The number of carbonyl (C=O) groups excluding carboxylic acids is 1. The molecule has 1 atom stereocenters. The van der Waals surface area contributed by atoms with E-state index in [-0.39, 0.29) is 24.2 Å². The number of oxazole rings is 1. The molecule has 2 aromatic heterocycles. The third-order valence-electron chi connectivity index (χ3n) is 3.59. The van der Waals surface area contributed by atoms with E-state index in [9.17, 15) is 4.79 Å². The van der Waals surface area contributed by atoms with E-state index in [2.05, 4.69) is 15.3 Å². The van der Waals surface area contributed by atoms with E-state index in [1.165, 1.54) is 6.26 Å². The van der Waals surface area contributed by atoms with Crippen molar-refractivity contribution in [1.29, 1.82) is 0 Å². The maximum absolute atomic E-state index is 12.3. The van der Waals surface area contributed by atoms with Crippen molar-refractivity contribution in [2.45, 2.75) is 33.4 Å². The predicted molar refractivity (Wildman–Crippen MR) is 94.7 cm³/mol. The van der Waals surface area contributed by atoms with Crippen LogP contribution in [0.4, 0.5) is 0 Å². The van der Waals surface area contributed by atoms with Gasteiger partial charge in [0, 0.05) is 4.88 Å². The highest BCUT2D eigenvalue weighted by atomic mass is 32.1. The van der Waals surface area contributed by atoms with E-state index in [1.54, 1.807) is 11.3 Å². The van der Waals surface area contributed by atoms with Crippen molar-refractivity contribution in [3.05, 3.63) is 63.8 Å². The monoisotopic (exact) mass is 357 g/mol. The lowest BCUT2D eigenvalue weighted by Crippen LogP contribution is -2.27. The van der Waals surface area contributed by atoms with Crippen molar-refractivity contribution < 1.29 is 13.9 Å². The molecule has 6 nitrogen and oxygen atoms in total. The molecule has 1 N–H and O–H groups in total. The third kappa shape index (κ3) is 4.24. The number of carbonyl (C=O) groups is 1. The molecule has 0 bridgehead atoms. The molecule has 7 heteroatoms. The molecule has 3 aromatic rings. The Morgan fingerprint density at radius 2 is 2.04 bits per heavy atom. The SMILES string of the molecule is Cc1nc(C(C)NC(=O)c2coc(COc3ccccc3)n2)c(C)s1. The Bertz CT molecular complexity index is 858. The summed E-state index contributed by atoms with van der Waals surface area (Å²) in [5.74, 6) is 0.768. The summed E-state index contributed by atoms with van der Waals surface area (Å²) in [6, 6.07) is 9.17. The molecule has 2 heterocycles. The molecule has 0 radical (unpaired) electrons. The molecular formula is C18H19N3O3S. The highest BCUT2D eigenvalue weighted by molar-refractivity contribution is 7.11. The maximum Gasteiger partial charge on any atom is 0.273 e. The lowest BCUT2D eigenvalue weighted by Gasteiger charge is -2.11. The van der Waals surface area contributed by atoms with Crippen LogP contribution < -0.4 is 10.1 Å². The van der Waals surface area contributed by atoms with Gasteiger partial charge in [0.1, 0.15) is 12.0 Å². The first-order valence-electron chi connectivity index (χ1n) is 7.90. The number of nitrogens with zero attached hydrogens (tertiary/aromatic N) is 2. The first-order chi connectivity index (χ1) is 12.0. The summed E-state index contributed by atoms with van der Waals surface area (Å²) in [6.07, 6.45) is 1.34. The smallest absolute Gasteiger partial charge is 0.273 e. The Labute approximate surface area is 149 Å². The highest BCUT2D eigenvalue weighted by Crippen LogP contribution is 2.22. The Morgan fingerprint density at radius 3 is 2.72 bits per heavy atom. The predicted octanol–water partition coefficient (Wildman–Crippen LogP) is 3.82. The summed E-state index contributed by atoms with van der Waals surface area (Å²) in [4.78, 5) is 22.1. The molecule has 0 fully saturated rings. The van der Waals surface area contributed by atoms with Gasteiger partial charge < -0.3 is 14.5 Å². The fourth-order valence-electron chi connectivity index (χ4n) is 2.43. The maximum atomic E-state index is 12.3. The van der Waals surface area contributed by atoms with Crippen LogP contribution in [0, 0.1) is 13.8 Å². The van der Waals surface area contributed by atoms with Gasteiger partial charge in [0.15, 0.2) is 12.3 Å². The number of nitrogens with one attached hydrogen (secondary N) is 1. The Hall–Kier alpha value is -2.67. The molecule has 0 aliphatic rings. The number of para-hydroxylation sites is 1. The van der Waals surface area contributed by atoms with Gasteiger partial charge in [-0.15, -0.1) is 11.3 Å². The van der Waals surface area contributed by atoms with E-state index >= 15 is 0 Å². The second-order valence-corrected chi connectivity index (χ2v) is 7.00. The van der Waals surface area contributed by atoms with Crippen molar-refractivity contribution in [2.75, 3.05) is 0 Å². The summed E-state index contributed by atoms with van der Waals surface area (Å²) in [5.41, 5.74) is 1.11. The zero-order valence-corrected chi connectivity index (χ0v) is 15.1. The summed E-state index contributed by atoms with van der Waals surface area (Å²) in [5, 5.41) is 3.88. The first kappa shape index (κ1) is 17.2. The van der Waals surface area contributed by atoms with Gasteiger partial charge >= 0.3 is 0 Å². The van der Waals surface area contributed by atoms with Gasteiger partial charge in [-0.1, -0.05) is 18.2 Å². The molecule has 0 spiro atoms. The van der Waals surface area contributed by atoms with Crippen molar-refractivity contribution in [3.63, 3.8) is 0 Å². The molecule has 3 rings (SSSR count). The second-order valence-electron chi connectivity index (χ2n) is 5.60. The molecular weight excluding hydrogens is 338 g/mol. The fraction of sp³-hybridized carbons (Fsp3) is 0.278. The van der Waals surface area contributed by atoms with E-state index in [0.717, 1.165) is 21.3 Å². The number of thiazole rings is 1. The minimum absolute atomic E-state index is 0.164. The summed E-state index contributed by atoms with van der Waals surface area (Å²) in [7, 11) is 0. The quantitative estimate of drug-likeness (QED) is 0.726. The standard InChI is InChI=1S/C18H19N3O3S/c1-11(17-12(2)25-13(3)20-17)19-18(22)15-9-24-16(21-15)10-23-14-7-5-4-6-8-14/h4-9,11H,10H2,1-3H3,(H,19,22). The lowest BCUT2D eigenvalue weighted by molar-refractivity contribution is 0.0934. The Balaban J connectivity index is 1.59. The van der Waals surface area contributed by atoms with Crippen LogP contribution in [0.1, 0.15) is 44.9 Å². The van der Waals surface area contributed by atoms with Gasteiger partial charge in [0.2, 0.25) is 5.89 Å². The van der Waals surface area contributed by atoms with Crippen molar-refractivity contribution in [1.82, 2.24) is 15.3 Å². The minimum Gasteiger partial charge on any atom is -0.484 e. The van der Waals surface area contributed by atoms with E-state index in [4.69, 9.17) is 9.15 Å². The van der Waals surface area contributed by atoms with Crippen LogP contribution in [0.2, 0.25) is 0 Å². The average molecular weight is 357 g/mol. The molecule has 0 saturated heterocycles. The molecule has 0 aliphatic carbocycles. The number of aromatic nitrogens is 2. The summed E-state index contributed by atoms with van der Waals surface area (Å²) in [6.45, 7) is 6.01. The van der Waals surface area contributed by atoms with Gasteiger partial charge in [0.25, 0.3) is 5.91 Å².